The Hall–Kier alpha value is -2.48. The van der Waals surface area contributed by atoms with Gasteiger partial charge in [-0.1, -0.05) is 25.9 Å². The summed E-state index contributed by atoms with van der Waals surface area (Å²) in [5, 5.41) is 24.5. The van der Waals surface area contributed by atoms with E-state index in [0.29, 0.717) is 0 Å². The number of rotatable bonds is 7. The largest absolute Gasteiger partial charge is 0.406 e. The van der Waals surface area contributed by atoms with E-state index in [0.717, 1.165) is 16.8 Å². The molecule has 0 saturated carbocycles. The van der Waals surface area contributed by atoms with Crippen LogP contribution in [0.4, 0.5) is 0 Å². The zero-order chi connectivity index (χ0) is 23.8. The van der Waals surface area contributed by atoms with Crippen LogP contribution in [-0.2, 0) is 14.0 Å². The summed E-state index contributed by atoms with van der Waals surface area (Å²) in [7, 11) is -2.70. The summed E-state index contributed by atoms with van der Waals surface area (Å²) in [5.74, 6) is -1.17. The van der Waals surface area contributed by atoms with E-state index >= 15 is 0 Å². The standard InChI is InChI=1S/C17H28N6O7Si/c1-16(2,3)31(4,5)30-12-14(23-7-6-10(25)20-15(23)27)29-9(8-24)17(12,28)11(13(18)26)21-22-19/h6-7,9,11-12,14,24,28H,8H2,1-5H3,(H2,18,26)(H,20,25,27)/t9-,11-,12+,14-,17-/m1/s1. The highest BCUT2D eigenvalue weighted by molar-refractivity contribution is 6.74. The summed E-state index contributed by atoms with van der Waals surface area (Å²) in [4.78, 5) is 40.7. The number of nitrogens with one attached hydrogen (secondary N) is 1. The monoisotopic (exact) mass is 456 g/mol. The number of amides is 1. The number of carbonyl (C=O) groups excluding carboxylic acids is 1. The number of hydrogen-bond acceptors (Lipinski definition) is 8. The molecule has 2 rings (SSSR count). The number of ether oxygens (including phenoxy) is 1. The van der Waals surface area contributed by atoms with E-state index in [2.05, 4.69) is 15.0 Å². The van der Waals surface area contributed by atoms with Crippen molar-refractivity contribution in [2.24, 2.45) is 10.8 Å². The lowest BCUT2D eigenvalue weighted by Crippen LogP contribution is -2.64. The molecule has 1 fully saturated rings. The molecule has 1 aliphatic rings. The quantitative estimate of drug-likeness (QED) is 0.186. The van der Waals surface area contributed by atoms with E-state index < -0.39 is 62.2 Å². The smallest absolute Gasteiger partial charge is 0.330 e. The van der Waals surface area contributed by atoms with E-state index in [-0.39, 0.29) is 5.04 Å². The van der Waals surface area contributed by atoms with Gasteiger partial charge in [-0.3, -0.25) is 19.1 Å². The number of aliphatic hydroxyl groups excluding tert-OH is 1. The predicted molar refractivity (Wildman–Crippen MR) is 111 cm³/mol. The Kier molecular flexibility index (Phi) is 6.85. The van der Waals surface area contributed by atoms with Crippen molar-refractivity contribution < 1.29 is 24.2 Å². The maximum absolute atomic E-state index is 12.4. The first-order chi connectivity index (χ1) is 14.2. The minimum atomic E-state index is -2.70. The number of hydrogen-bond donors (Lipinski definition) is 4. The normalized spacial score (nSPS) is 27.5. The number of H-pyrrole nitrogens is 1. The topological polar surface area (TPSA) is 206 Å². The molecule has 2 heterocycles. The van der Waals surface area contributed by atoms with Gasteiger partial charge in [-0.05, 0) is 23.7 Å². The summed E-state index contributed by atoms with van der Waals surface area (Å²) in [6.07, 6.45) is -3.16. The molecule has 13 nitrogen and oxygen atoms in total. The van der Waals surface area contributed by atoms with Crippen molar-refractivity contribution in [2.45, 2.75) is 69.0 Å². The van der Waals surface area contributed by atoms with Crippen LogP contribution in [-0.4, -0.2) is 64.4 Å². The Morgan fingerprint density at radius 1 is 1.52 bits per heavy atom. The molecule has 31 heavy (non-hydrogen) atoms. The second kappa shape index (κ2) is 8.57. The number of aromatic nitrogens is 2. The maximum Gasteiger partial charge on any atom is 0.330 e. The highest BCUT2D eigenvalue weighted by atomic mass is 28.4. The van der Waals surface area contributed by atoms with Crippen molar-refractivity contribution in [1.82, 2.24) is 9.55 Å². The average molecular weight is 457 g/mol. The second-order valence-corrected chi connectivity index (χ2v) is 13.7. The van der Waals surface area contributed by atoms with Crippen molar-refractivity contribution in [2.75, 3.05) is 6.61 Å². The van der Waals surface area contributed by atoms with E-state index in [1.807, 2.05) is 33.9 Å². The van der Waals surface area contributed by atoms with Crippen LogP contribution in [0, 0.1) is 0 Å². The van der Waals surface area contributed by atoms with Crippen molar-refractivity contribution in [3.05, 3.63) is 43.5 Å². The van der Waals surface area contributed by atoms with Gasteiger partial charge in [0.05, 0.1) is 6.61 Å². The minimum absolute atomic E-state index is 0.369. The molecule has 1 saturated heterocycles. The van der Waals surface area contributed by atoms with Crippen LogP contribution in [0.5, 0.6) is 0 Å². The number of azide groups is 1. The molecule has 0 aromatic carbocycles. The maximum atomic E-state index is 12.4. The Morgan fingerprint density at radius 2 is 2.13 bits per heavy atom. The van der Waals surface area contributed by atoms with Crippen LogP contribution < -0.4 is 17.0 Å². The van der Waals surface area contributed by atoms with Crippen LogP contribution in [0.15, 0.2) is 27.0 Å². The SMILES string of the molecule is CC(C)(C)[Si](C)(C)O[C@H]1[C@H](n2ccc(=O)[nH]c2=O)O[C@H](CO)[C@@]1(O)[C@H](N=[N+]=[N-])C(N)=O. The van der Waals surface area contributed by atoms with Gasteiger partial charge in [-0.15, -0.1) is 0 Å². The Balaban J connectivity index is 2.76. The van der Waals surface area contributed by atoms with Gasteiger partial charge < -0.3 is 25.1 Å². The van der Waals surface area contributed by atoms with Crippen molar-refractivity contribution in [3.63, 3.8) is 0 Å². The first-order valence-corrected chi connectivity index (χ1v) is 12.4. The fraction of sp³-hybridized carbons (Fsp3) is 0.706. The number of primary amides is 1. The molecule has 1 aliphatic heterocycles. The summed E-state index contributed by atoms with van der Waals surface area (Å²) in [5.41, 5.74) is 10.4. The minimum Gasteiger partial charge on any atom is -0.406 e. The Morgan fingerprint density at radius 3 is 2.58 bits per heavy atom. The third-order valence-corrected chi connectivity index (χ3v) is 10.4. The van der Waals surface area contributed by atoms with Gasteiger partial charge in [-0.25, -0.2) is 4.79 Å². The van der Waals surface area contributed by atoms with Crippen LogP contribution in [0.3, 0.4) is 0 Å². The van der Waals surface area contributed by atoms with Gasteiger partial charge in [0, 0.05) is 17.2 Å². The molecule has 5 N–H and O–H groups in total. The highest BCUT2D eigenvalue weighted by Gasteiger charge is 2.64. The number of carbonyl (C=O) groups is 1. The van der Waals surface area contributed by atoms with E-state index in [4.69, 9.17) is 20.4 Å². The predicted octanol–water partition coefficient (Wildman–Crippen LogP) is -0.288. The molecule has 0 spiro atoms. The fourth-order valence-corrected chi connectivity index (χ4v) is 4.49. The summed E-state index contributed by atoms with van der Waals surface area (Å²) in [6.45, 7) is 8.71. The molecular weight excluding hydrogens is 428 g/mol. The molecule has 1 aromatic heterocycles. The zero-order valence-electron chi connectivity index (χ0n) is 18.0. The van der Waals surface area contributed by atoms with Crippen molar-refractivity contribution >= 4 is 14.2 Å². The van der Waals surface area contributed by atoms with Crippen LogP contribution in [0.25, 0.3) is 10.4 Å². The van der Waals surface area contributed by atoms with E-state index in [1.54, 1.807) is 0 Å². The van der Waals surface area contributed by atoms with Crippen LogP contribution in [0.2, 0.25) is 18.1 Å². The van der Waals surface area contributed by atoms with Crippen LogP contribution in [0.1, 0.15) is 27.0 Å². The Labute approximate surface area is 178 Å². The molecular formula is C17H28N6O7Si. The average Bonchev–Trinajstić information content (AvgIpc) is 2.90. The molecule has 0 unspecified atom stereocenters. The molecule has 14 heteroatoms. The van der Waals surface area contributed by atoms with Gasteiger partial charge in [0.15, 0.2) is 14.5 Å². The van der Waals surface area contributed by atoms with Gasteiger partial charge in [0.25, 0.3) is 5.56 Å². The molecule has 5 atom stereocenters. The fourth-order valence-electron chi connectivity index (χ4n) is 3.20. The van der Waals surface area contributed by atoms with E-state index in [9.17, 15) is 24.6 Å². The lowest BCUT2D eigenvalue weighted by atomic mass is 9.84. The lowest BCUT2D eigenvalue weighted by molar-refractivity contribution is -0.138. The van der Waals surface area contributed by atoms with Crippen LogP contribution >= 0.6 is 0 Å². The highest BCUT2D eigenvalue weighted by Crippen LogP contribution is 2.46. The number of nitrogens with two attached hydrogens (primary N) is 1. The summed E-state index contributed by atoms with van der Waals surface area (Å²) in [6, 6.07) is -0.800. The zero-order valence-corrected chi connectivity index (χ0v) is 19.0. The summed E-state index contributed by atoms with van der Waals surface area (Å²) >= 11 is 0. The van der Waals surface area contributed by atoms with Gasteiger partial charge in [0.2, 0.25) is 5.91 Å². The van der Waals surface area contributed by atoms with E-state index in [1.165, 1.54) is 0 Å². The molecule has 1 amide bonds. The Bertz CT molecular complexity index is 994. The summed E-state index contributed by atoms with van der Waals surface area (Å²) < 4.78 is 13.0. The lowest BCUT2D eigenvalue weighted by Gasteiger charge is -2.44. The molecule has 0 bridgehead atoms. The van der Waals surface area contributed by atoms with Crippen molar-refractivity contribution in [1.29, 1.82) is 0 Å². The van der Waals surface area contributed by atoms with Gasteiger partial charge in [0.1, 0.15) is 23.9 Å². The first-order valence-electron chi connectivity index (χ1n) is 9.52. The number of nitrogens with zero attached hydrogens (tertiary/aromatic N) is 4. The first kappa shape index (κ1) is 24.8. The third kappa shape index (κ3) is 4.44. The molecule has 1 aromatic rings. The third-order valence-electron chi connectivity index (χ3n) is 5.93. The van der Waals surface area contributed by atoms with Gasteiger partial charge >= 0.3 is 5.69 Å². The van der Waals surface area contributed by atoms with Crippen molar-refractivity contribution in [3.8, 4) is 0 Å². The number of aromatic amines is 1. The molecule has 0 aliphatic carbocycles. The molecule has 172 valence electrons. The van der Waals surface area contributed by atoms with Gasteiger partial charge in [-0.2, -0.15) is 0 Å². The molecule has 0 radical (unpaired) electrons. The number of aliphatic hydroxyl groups is 2. The second-order valence-electron chi connectivity index (χ2n) is 8.91.